The first kappa shape index (κ1) is 26.3. The van der Waals surface area contributed by atoms with Crippen molar-refractivity contribution in [2.24, 2.45) is 14.1 Å². The molecule has 1 aromatic carbocycles. The number of benzene rings is 1. The minimum atomic E-state index is -5.15. The van der Waals surface area contributed by atoms with Gasteiger partial charge in [0.25, 0.3) is 11.5 Å². The van der Waals surface area contributed by atoms with E-state index in [-0.39, 0.29) is 4.31 Å². The van der Waals surface area contributed by atoms with Crippen LogP contribution in [0.2, 0.25) is 0 Å². The van der Waals surface area contributed by atoms with Crippen molar-refractivity contribution in [1.29, 1.82) is 5.26 Å². The van der Waals surface area contributed by atoms with Crippen LogP contribution in [0.15, 0.2) is 34.1 Å². The highest BCUT2D eigenvalue weighted by molar-refractivity contribution is 7.93. The standard InChI is InChI=1S/C19H15F4N7O5S/c1-4-36(34,35)30(17(32)11-9-27(2)26-16(11)19(21,22)23)13-6-14(12(20)5-10(13)7-24)29-18(33)28(3)15(31)8-25-29/h5-6,8-9H,4H2,1-3H3. The Balaban J connectivity index is 2.39. The molecule has 0 bridgehead atoms. The molecule has 0 saturated heterocycles. The molecule has 0 fully saturated rings. The maximum atomic E-state index is 14.9. The number of halogens is 4. The Morgan fingerprint density at radius 2 is 1.86 bits per heavy atom. The zero-order chi connectivity index (χ0) is 27.2. The topological polar surface area (TPSA) is 153 Å². The average molecular weight is 529 g/mol. The van der Waals surface area contributed by atoms with Crippen LogP contribution < -0.4 is 15.6 Å². The minimum Gasteiger partial charge on any atom is -0.274 e. The zero-order valence-electron chi connectivity index (χ0n) is 18.6. The van der Waals surface area contributed by atoms with Crippen molar-refractivity contribution in [2.75, 3.05) is 10.1 Å². The molecule has 0 aliphatic rings. The van der Waals surface area contributed by atoms with Crippen molar-refractivity contribution in [3.63, 3.8) is 0 Å². The van der Waals surface area contributed by atoms with E-state index in [2.05, 4.69) is 10.2 Å². The van der Waals surface area contributed by atoms with Gasteiger partial charge < -0.3 is 0 Å². The molecular formula is C19H15F4N7O5S. The molecule has 0 aliphatic carbocycles. The molecular weight excluding hydrogens is 514 g/mol. The van der Waals surface area contributed by atoms with Gasteiger partial charge in [-0.1, -0.05) is 0 Å². The highest BCUT2D eigenvalue weighted by Crippen LogP contribution is 2.34. The van der Waals surface area contributed by atoms with Crippen molar-refractivity contribution in [1.82, 2.24) is 24.1 Å². The van der Waals surface area contributed by atoms with Gasteiger partial charge >= 0.3 is 11.9 Å². The minimum absolute atomic E-state index is 0.0895. The van der Waals surface area contributed by atoms with E-state index in [4.69, 9.17) is 0 Å². The van der Waals surface area contributed by atoms with Crippen molar-refractivity contribution >= 4 is 21.6 Å². The fourth-order valence-electron chi connectivity index (χ4n) is 3.09. The third-order valence-corrected chi connectivity index (χ3v) is 6.52. The number of nitriles is 1. The largest absolute Gasteiger partial charge is 0.435 e. The van der Waals surface area contributed by atoms with E-state index in [0.717, 1.165) is 21.0 Å². The monoisotopic (exact) mass is 529 g/mol. The van der Waals surface area contributed by atoms with Crippen LogP contribution in [0, 0.1) is 17.1 Å². The fourth-order valence-corrected chi connectivity index (χ4v) is 4.15. The van der Waals surface area contributed by atoms with Crippen LogP contribution in [-0.2, 0) is 30.3 Å². The number of hydrogen-bond donors (Lipinski definition) is 0. The second kappa shape index (κ2) is 9.03. The van der Waals surface area contributed by atoms with E-state index in [0.29, 0.717) is 38.5 Å². The highest BCUT2D eigenvalue weighted by Gasteiger charge is 2.42. The van der Waals surface area contributed by atoms with Crippen LogP contribution >= 0.6 is 0 Å². The highest BCUT2D eigenvalue weighted by atomic mass is 32.2. The molecule has 36 heavy (non-hydrogen) atoms. The Morgan fingerprint density at radius 1 is 1.22 bits per heavy atom. The Kier molecular flexibility index (Phi) is 6.59. The van der Waals surface area contributed by atoms with Gasteiger partial charge in [0.05, 0.1) is 22.6 Å². The van der Waals surface area contributed by atoms with Gasteiger partial charge in [0, 0.05) is 20.3 Å². The predicted molar refractivity (Wildman–Crippen MR) is 114 cm³/mol. The summed E-state index contributed by atoms with van der Waals surface area (Å²) in [6.07, 6.45) is -3.86. The number of aryl methyl sites for hydroxylation is 1. The smallest absolute Gasteiger partial charge is 0.274 e. The second-order valence-corrected chi connectivity index (χ2v) is 9.31. The molecule has 12 nitrogen and oxygen atoms in total. The number of nitrogens with zero attached hydrogens (tertiary/aromatic N) is 7. The first-order valence-electron chi connectivity index (χ1n) is 9.71. The van der Waals surface area contributed by atoms with Crippen LogP contribution in [0.25, 0.3) is 5.69 Å². The predicted octanol–water partition coefficient (Wildman–Crippen LogP) is 0.691. The number of anilines is 1. The lowest BCUT2D eigenvalue weighted by molar-refractivity contribution is -0.141. The first-order chi connectivity index (χ1) is 16.6. The van der Waals surface area contributed by atoms with E-state index in [1.807, 2.05) is 0 Å². The molecule has 3 rings (SSSR count). The number of rotatable bonds is 5. The third kappa shape index (κ3) is 4.49. The van der Waals surface area contributed by atoms with E-state index < -0.39 is 73.1 Å². The number of amides is 1. The molecule has 2 heterocycles. The number of sulfonamides is 1. The van der Waals surface area contributed by atoms with E-state index in [9.17, 15) is 45.6 Å². The van der Waals surface area contributed by atoms with Gasteiger partial charge in [-0.15, -0.1) is 0 Å². The zero-order valence-corrected chi connectivity index (χ0v) is 19.4. The summed E-state index contributed by atoms with van der Waals surface area (Å²) in [5.41, 5.74) is -7.25. The maximum Gasteiger partial charge on any atom is 0.435 e. The molecule has 1 amide bonds. The molecule has 3 aromatic rings. The number of alkyl halides is 3. The summed E-state index contributed by atoms with van der Waals surface area (Å²) < 4.78 is 82.6. The molecule has 2 aromatic heterocycles. The summed E-state index contributed by atoms with van der Waals surface area (Å²) in [4.78, 5) is 37.3. The van der Waals surface area contributed by atoms with Gasteiger partial charge in [-0.2, -0.15) is 33.3 Å². The molecule has 17 heteroatoms. The second-order valence-electron chi connectivity index (χ2n) is 7.20. The molecule has 190 valence electrons. The van der Waals surface area contributed by atoms with E-state index >= 15 is 0 Å². The number of carbonyl (C=O) groups excluding carboxylic acids is 1. The van der Waals surface area contributed by atoms with E-state index in [1.165, 1.54) is 6.07 Å². The summed E-state index contributed by atoms with van der Waals surface area (Å²) in [5, 5.41) is 16.2. The lowest BCUT2D eigenvalue weighted by atomic mass is 10.1. The summed E-state index contributed by atoms with van der Waals surface area (Å²) >= 11 is 0. The Labute approximate surface area is 199 Å². The van der Waals surface area contributed by atoms with Crippen molar-refractivity contribution < 1.29 is 30.8 Å². The van der Waals surface area contributed by atoms with Gasteiger partial charge in [-0.3, -0.25) is 18.8 Å². The summed E-state index contributed by atoms with van der Waals surface area (Å²) in [7, 11) is -2.63. The maximum absolute atomic E-state index is 14.9. The SMILES string of the molecule is CCS(=O)(=O)N(C(=O)c1cn(C)nc1C(F)(F)F)c1cc(-n2ncc(=O)n(C)c2=O)c(F)cc1C#N. The van der Waals surface area contributed by atoms with Gasteiger partial charge in [-0.25, -0.2) is 21.9 Å². The van der Waals surface area contributed by atoms with Gasteiger partial charge in [-0.05, 0) is 19.1 Å². The van der Waals surface area contributed by atoms with Crippen molar-refractivity contribution in [3.8, 4) is 11.8 Å². The normalized spacial score (nSPS) is 11.8. The number of aromatic nitrogens is 5. The Bertz CT molecular complexity index is 1650. The molecule has 0 unspecified atom stereocenters. The molecule has 0 spiro atoms. The van der Waals surface area contributed by atoms with Crippen molar-refractivity contribution in [3.05, 3.63) is 68.0 Å². The molecule has 0 aliphatic heterocycles. The van der Waals surface area contributed by atoms with Crippen LogP contribution in [-0.4, -0.2) is 44.2 Å². The first-order valence-corrected chi connectivity index (χ1v) is 11.3. The van der Waals surface area contributed by atoms with Gasteiger partial charge in [0.1, 0.15) is 18.0 Å². The van der Waals surface area contributed by atoms with Crippen LogP contribution in [0.4, 0.5) is 23.2 Å². The lowest BCUT2D eigenvalue weighted by Crippen LogP contribution is -2.40. The number of hydrogen-bond acceptors (Lipinski definition) is 8. The van der Waals surface area contributed by atoms with Crippen molar-refractivity contribution in [2.45, 2.75) is 13.1 Å². The van der Waals surface area contributed by atoms with E-state index in [1.54, 1.807) is 0 Å². The Hall–Kier alpha value is -4.33. The molecule has 0 N–H and O–H groups in total. The summed E-state index contributed by atoms with van der Waals surface area (Å²) in [6, 6.07) is 2.54. The average Bonchev–Trinajstić information content (AvgIpc) is 3.21. The van der Waals surface area contributed by atoms with Crippen LogP contribution in [0.3, 0.4) is 0 Å². The van der Waals surface area contributed by atoms with Gasteiger partial charge in [0.2, 0.25) is 10.0 Å². The molecule has 0 saturated carbocycles. The fraction of sp³-hybridized carbons (Fsp3) is 0.263. The summed E-state index contributed by atoms with van der Waals surface area (Å²) in [6.45, 7) is 1.08. The molecule has 0 atom stereocenters. The Morgan fingerprint density at radius 3 is 2.42 bits per heavy atom. The summed E-state index contributed by atoms with van der Waals surface area (Å²) in [5.74, 6) is -3.81. The third-order valence-electron chi connectivity index (χ3n) is 4.87. The molecule has 0 radical (unpaired) electrons. The van der Waals surface area contributed by atoms with Crippen LogP contribution in [0.1, 0.15) is 28.5 Å². The number of carbonyl (C=O) groups is 1. The quantitative estimate of drug-likeness (QED) is 0.438. The van der Waals surface area contributed by atoms with Gasteiger partial charge in [0.15, 0.2) is 11.5 Å². The van der Waals surface area contributed by atoms with Crippen LogP contribution in [0.5, 0.6) is 0 Å². The lowest BCUT2D eigenvalue weighted by Gasteiger charge is -2.24.